The molecular formula is C13H15N3O. The van der Waals surface area contributed by atoms with Crippen molar-refractivity contribution in [3.8, 4) is 6.07 Å². The first-order valence-electron chi connectivity index (χ1n) is 5.85. The van der Waals surface area contributed by atoms with Gasteiger partial charge in [-0.3, -0.25) is 9.78 Å². The average molecular weight is 229 g/mol. The predicted molar refractivity (Wildman–Crippen MR) is 63.3 cm³/mol. The van der Waals surface area contributed by atoms with E-state index >= 15 is 0 Å². The summed E-state index contributed by atoms with van der Waals surface area (Å²) >= 11 is 0. The summed E-state index contributed by atoms with van der Waals surface area (Å²) in [6, 6.07) is 3.62. The number of piperidine rings is 1. The van der Waals surface area contributed by atoms with Crippen LogP contribution in [0.3, 0.4) is 0 Å². The molecule has 2 rings (SSSR count). The van der Waals surface area contributed by atoms with Crippen LogP contribution < -0.4 is 0 Å². The fraction of sp³-hybridized carbons (Fsp3) is 0.462. The molecule has 0 spiro atoms. The molecule has 0 unspecified atom stereocenters. The first-order valence-corrected chi connectivity index (χ1v) is 5.85. The van der Waals surface area contributed by atoms with Crippen molar-refractivity contribution in [2.45, 2.75) is 19.8 Å². The molecule has 0 saturated carbocycles. The van der Waals surface area contributed by atoms with Crippen LogP contribution in [0.25, 0.3) is 0 Å². The predicted octanol–water partition coefficient (Wildman–Crippen LogP) is 1.83. The minimum Gasteiger partial charge on any atom is -0.339 e. The molecule has 4 nitrogen and oxygen atoms in total. The maximum Gasteiger partial charge on any atom is 0.256 e. The van der Waals surface area contributed by atoms with E-state index in [9.17, 15) is 4.79 Å². The maximum absolute atomic E-state index is 12.2. The number of nitrogens with zero attached hydrogens (tertiary/aromatic N) is 3. The minimum atomic E-state index is -0.0680. The van der Waals surface area contributed by atoms with Gasteiger partial charge in [-0.25, -0.2) is 0 Å². The molecule has 0 radical (unpaired) electrons. The lowest BCUT2D eigenvalue weighted by atomic mass is 9.98. The average Bonchev–Trinajstić information content (AvgIpc) is 2.39. The standard InChI is InChI=1S/C13H15N3O/c1-10-3-6-16(7-4-10)13(17)12-9-15-5-2-11(12)8-14/h2,5,9-10H,3-4,6-7H2,1H3. The number of rotatable bonds is 1. The summed E-state index contributed by atoms with van der Waals surface area (Å²) < 4.78 is 0. The zero-order valence-corrected chi connectivity index (χ0v) is 9.89. The number of aromatic nitrogens is 1. The van der Waals surface area contributed by atoms with Crippen molar-refractivity contribution in [3.63, 3.8) is 0 Å². The van der Waals surface area contributed by atoms with Gasteiger partial charge in [0.15, 0.2) is 0 Å². The van der Waals surface area contributed by atoms with E-state index in [1.165, 1.54) is 12.4 Å². The van der Waals surface area contributed by atoms with Gasteiger partial charge in [0.2, 0.25) is 0 Å². The monoisotopic (exact) mass is 229 g/mol. The fourth-order valence-electron chi connectivity index (χ4n) is 2.04. The van der Waals surface area contributed by atoms with E-state index in [0.717, 1.165) is 25.9 Å². The molecule has 1 aromatic heterocycles. The molecule has 2 heterocycles. The summed E-state index contributed by atoms with van der Waals surface area (Å²) in [4.78, 5) is 18.0. The SMILES string of the molecule is CC1CCN(C(=O)c2cnccc2C#N)CC1. The molecular weight excluding hydrogens is 214 g/mol. The highest BCUT2D eigenvalue weighted by Crippen LogP contribution is 2.19. The molecule has 0 bridgehead atoms. The normalized spacial score (nSPS) is 16.6. The molecule has 1 aliphatic rings. The van der Waals surface area contributed by atoms with Crippen molar-refractivity contribution in [2.24, 2.45) is 5.92 Å². The van der Waals surface area contributed by atoms with Gasteiger partial charge in [-0.15, -0.1) is 0 Å². The van der Waals surface area contributed by atoms with E-state index in [2.05, 4.69) is 11.9 Å². The van der Waals surface area contributed by atoms with Gasteiger partial charge in [-0.05, 0) is 24.8 Å². The third kappa shape index (κ3) is 2.44. The lowest BCUT2D eigenvalue weighted by molar-refractivity contribution is 0.0696. The summed E-state index contributed by atoms with van der Waals surface area (Å²) in [5, 5.41) is 8.96. The Morgan fingerprint density at radius 2 is 2.24 bits per heavy atom. The van der Waals surface area contributed by atoms with Gasteiger partial charge in [-0.1, -0.05) is 6.92 Å². The molecule has 1 saturated heterocycles. The number of carbonyl (C=O) groups is 1. The van der Waals surface area contributed by atoms with Crippen LogP contribution in [0.1, 0.15) is 35.7 Å². The molecule has 88 valence electrons. The molecule has 1 aromatic rings. The third-order valence-electron chi connectivity index (χ3n) is 3.24. The summed E-state index contributed by atoms with van der Waals surface area (Å²) in [6.07, 6.45) is 5.09. The van der Waals surface area contributed by atoms with E-state index < -0.39 is 0 Å². The number of likely N-dealkylation sites (tertiary alicyclic amines) is 1. The van der Waals surface area contributed by atoms with Crippen LogP contribution in [0.2, 0.25) is 0 Å². The molecule has 0 atom stereocenters. The van der Waals surface area contributed by atoms with Crippen LogP contribution in [-0.4, -0.2) is 28.9 Å². The number of hydrogen-bond acceptors (Lipinski definition) is 3. The third-order valence-corrected chi connectivity index (χ3v) is 3.24. The van der Waals surface area contributed by atoms with Gasteiger partial charge < -0.3 is 4.90 Å². The van der Waals surface area contributed by atoms with Crippen LogP contribution in [0, 0.1) is 17.2 Å². The van der Waals surface area contributed by atoms with E-state index in [-0.39, 0.29) is 5.91 Å². The molecule has 1 fully saturated rings. The van der Waals surface area contributed by atoms with Crippen LogP contribution in [0.4, 0.5) is 0 Å². The Morgan fingerprint density at radius 3 is 2.88 bits per heavy atom. The Hall–Kier alpha value is -1.89. The van der Waals surface area contributed by atoms with Crippen LogP contribution in [0.5, 0.6) is 0 Å². The molecule has 17 heavy (non-hydrogen) atoms. The Labute approximate surface area is 101 Å². The second kappa shape index (κ2) is 4.96. The second-order valence-corrected chi connectivity index (χ2v) is 4.51. The van der Waals surface area contributed by atoms with E-state index in [1.54, 1.807) is 6.07 Å². The molecule has 0 aliphatic carbocycles. The number of carbonyl (C=O) groups excluding carboxylic acids is 1. The van der Waals surface area contributed by atoms with Crippen molar-refractivity contribution < 1.29 is 4.79 Å². The molecule has 4 heteroatoms. The summed E-state index contributed by atoms with van der Waals surface area (Å²) in [5.74, 6) is 0.616. The highest BCUT2D eigenvalue weighted by molar-refractivity contribution is 5.96. The largest absolute Gasteiger partial charge is 0.339 e. The van der Waals surface area contributed by atoms with Gasteiger partial charge in [0.05, 0.1) is 11.1 Å². The lowest BCUT2D eigenvalue weighted by Crippen LogP contribution is -2.38. The van der Waals surface area contributed by atoms with Crippen molar-refractivity contribution in [3.05, 3.63) is 29.6 Å². The number of nitriles is 1. The van der Waals surface area contributed by atoms with Gasteiger partial charge in [-0.2, -0.15) is 5.26 Å². The summed E-state index contributed by atoms with van der Waals surface area (Å²) in [5.41, 5.74) is 0.827. The van der Waals surface area contributed by atoms with Crippen LogP contribution in [0.15, 0.2) is 18.5 Å². The molecule has 1 amide bonds. The Balaban J connectivity index is 2.17. The molecule has 1 aliphatic heterocycles. The van der Waals surface area contributed by atoms with Gasteiger partial charge in [0.25, 0.3) is 5.91 Å². The summed E-state index contributed by atoms with van der Waals surface area (Å²) in [7, 11) is 0. The minimum absolute atomic E-state index is 0.0680. The lowest BCUT2D eigenvalue weighted by Gasteiger charge is -2.30. The van der Waals surface area contributed by atoms with Crippen LogP contribution >= 0.6 is 0 Å². The first kappa shape index (κ1) is 11.6. The molecule has 0 aromatic carbocycles. The van der Waals surface area contributed by atoms with Gasteiger partial charge in [0, 0.05) is 25.5 Å². The number of pyridine rings is 1. The topological polar surface area (TPSA) is 57.0 Å². The summed E-state index contributed by atoms with van der Waals surface area (Å²) in [6.45, 7) is 3.76. The smallest absolute Gasteiger partial charge is 0.256 e. The highest BCUT2D eigenvalue weighted by atomic mass is 16.2. The van der Waals surface area contributed by atoms with Crippen molar-refractivity contribution >= 4 is 5.91 Å². The zero-order valence-electron chi connectivity index (χ0n) is 9.89. The Kier molecular flexibility index (Phi) is 3.38. The van der Waals surface area contributed by atoms with Gasteiger partial charge >= 0.3 is 0 Å². The molecule has 0 N–H and O–H groups in total. The Morgan fingerprint density at radius 1 is 1.53 bits per heavy atom. The van der Waals surface area contributed by atoms with E-state index in [4.69, 9.17) is 5.26 Å². The van der Waals surface area contributed by atoms with Gasteiger partial charge in [0.1, 0.15) is 6.07 Å². The van der Waals surface area contributed by atoms with Crippen molar-refractivity contribution in [1.29, 1.82) is 5.26 Å². The van der Waals surface area contributed by atoms with Crippen molar-refractivity contribution in [1.82, 2.24) is 9.88 Å². The second-order valence-electron chi connectivity index (χ2n) is 4.51. The van der Waals surface area contributed by atoms with E-state index in [0.29, 0.717) is 17.0 Å². The quantitative estimate of drug-likeness (QED) is 0.738. The maximum atomic E-state index is 12.2. The van der Waals surface area contributed by atoms with E-state index in [1.807, 2.05) is 11.0 Å². The van der Waals surface area contributed by atoms with Crippen molar-refractivity contribution in [2.75, 3.05) is 13.1 Å². The first-order chi connectivity index (χ1) is 8.22. The highest BCUT2D eigenvalue weighted by Gasteiger charge is 2.23. The van der Waals surface area contributed by atoms with Crippen LogP contribution in [-0.2, 0) is 0 Å². The number of hydrogen-bond donors (Lipinski definition) is 0. The Bertz CT molecular complexity index is 456. The fourth-order valence-corrected chi connectivity index (χ4v) is 2.04. The zero-order chi connectivity index (χ0) is 12.3. The number of amides is 1.